The zero-order chi connectivity index (χ0) is 19.6. The number of nitrogens with one attached hydrogen (secondary N) is 1. The Bertz CT molecular complexity index is 369. The van der Waals surface area contributed by atoms with E-state index in [0.717, 1.165) is 18.8 Å². The first-order chi connectivity index (χ1) is 13.2. The highest BCUT2D eigenvalue weighted by molar-refractivity contribution is 5.76. The SMILES string of the molecule is CCCCCCCC/C=C\CCCCCCCC(=O)NC1CCC(C)CC1. The molecule has 0 aromatic carbocycles. The molecule has 0 spiro atoms. The smallest absolute Gasteiger partial charge is 0.220 e. The van der Waals surface area contributed by atoms with Crippen LogP contribution in [0.4, 0.5) is 0 Å². The van der Waals surface area contributed by atoms with Crippen LogP contribution < -0.4 is 5.32 Å². The molecule has 27 heavy (non-hydrogen) atoms. The monoisotopic (exact) mass is 377 g/mol. The molecule has 0 atom stereocenters. The first-order valence-electron chi connectivity index (χ1n) is 12.2. The summed E-state index contributed by atoms with van der Waals surface area (Å²) < 4.78 is 0. The zero-order valence-corrected chi connectivity index (χ0v) is 18.4. The number of hydrogen-bond donors (Lipinski definition) is 1. The zero-order valence-electron chi connectivity index (χ0n) is 18.4. The van der Waals surface area contributed by atoms with Crippen LogP contribution in [0.3, 0.4) is 0 Å². The normalized spacial score (nSPS) is 20.2. The van der Waals surface area contributed by atoms with Gasteiger partial charge in [-0.15, -0.1) is 0 Å². The first-order valence-corrected chi connectivity index (χ1v) is 12.2. The topological polar surface area (TPSA) is 29.1 Å². The van der Waals surface area contributed by atoms with Crippen LogP contribution in [-0.4, -0.2) is 11.9 Å². The van der Waals surface area contributed by atoms with E-state index in [1.165, 1.54) is 103 Å². The van der Waals surface area contributed by atoms with Crippen molar-refractivity contribution in [2.75, 3.05) is 0 Å². The number of hydrogen-bond acceptors (Lipinski definition) is 1. The summed E-state index contributed by atoms with van der Waals surface area (Å²) >= 11 is 0. The van der Waals surface area contributed by atoms with Gasteiger partial charge in [-0.05, 0) is 63.7 Å². The molecule has 2 heteroatoms. The minimum absolute atomic E-state index is 0.284. The molecule has 1 N–H and O–H groups in total. The van der Waals surface area contributed by atoms with Crippen LogP contribution in [0.5, 0.6) is 0 Å². The Balaban J connectivity index is 1.80. The second-order valence-electron chi connectivity index (χ2n) is 8.86. The maximum Gasteiger partial charge on any atom is 0.220 e. The van der Waals surface area contributed by atoms with Crippen LogP contribution in [0.1, 0.15) is 129 Å². The Labute approximate surface area is 170 Å². The number of allylic oxidation sites excluding steroid dienone is 2. The lowest BCUT2D eigenvalue weighted by Gasteiger charge is -2.26. The van der Waals surface area contributed by atoms with Crippen molar-refractivity contribution in [2.24, 2.45) is 5.92 Å². The number of carbonyl (C=O) groups is 1. The summed E-state index contributed by atoms with van der Waals surface area (Å²) in [7, 11) is 0. The van der Waals surface area contributed by atoms with Crippen molar-refractivity contribution in [2.45, 2.75) is 135 Å². The standard InChI is InChI=1S/C25H47NO/c1-3-4-5-6-7-8-9-10-11-12-13-14-15-16-17-18-25(27)26-24-21-19-23(2)20-22-24/h10-11,23-24H,3-9,12-22H2,1-2H3,(H,26,27)/b11-10-. The van der Waals surface area contributed by atoms with Crippen molar-refractivity contribution in [1.82, 2.24) is 5.32 Å². The number of amides is 1. The molecule has 0 aromatic rings. The lowest BCUT2D eigenvalue weighted by Crippen LogP contribution is -2.37. The maximum absolute atomic E-state index is 12.0. The molecule has 158 valence electrons. The second-order valence-corrected chi connectivity index (χ2v) is 8.86. The van der Waals surface area contributed by atoms with E-state index in [1.54, 1.807) is 0 Å². The van der Waals surface area contributed by atoms with Crippen LogP contribution in [0.25, 0.3) is 0 Å². The van der Waals surface area contributed by atoms with Gasteiger partial charge in [0.15, 0.2) is 0 Å². The van der Waals surface area contributed by atoms with Gasteiger partial charge in [-0.2, -0.15) is 0 Å². The first kappa shape index (κ1) is 24.2. The van der Waals surface area contributed by atoms with Crippen molar-refractivity contribution in [3.05, 3.63) is 12.2 Å². The molecule has 0 aromatic heterocycles. The van der Waals surface area contributed by atoms with Gasteiger partial charge >= 0.3 is 0 Å². The molecule has 0 heterocycles. The van der Waals surface area contributed by atoms with E-state index in [2.05, 4.69) is 31.3 Å². The third-order valence-electron chi connectivity index (χ3n) is 6.05. The van der Waals surface area contributed by atoms with Gasteiger partial charge in [-0.25, -0.2) is 0 Å². The summed E-state index contributed by atoms with van der Waals surface area (Å²) in [5.41, 5.74) is 0. The van der Waals surface area contributed by atoms with E-state index in [-0.39, 0.29) is 5.91 Å². The van der Waals surface area contributed by atoms with Crippen molar-refractivity contribution in [3.8, 4) is 0 Å². The average Bonchev–Trinajstić information content (AvgIpc) is 2.66. The predicted octanol–water partition coefficient (Wildman–Crippen LogP) is 7.72. The Kier molecular flexibility index (Phi) is 15.6. The molecule has 0 radical (unpaired) electrons. The van der Waals surface area contributed by atoms with Crippen molar-refractivity contribution >= 4 is 5.91 Å². The minimum Gasteiger partial charge on any atom is -0.353 e. The lowest BCUT2D eigenvalue weighted by atomic mass is 9.87. The van der Waals surface area contributed by atoms with Crippen LogP contribution in [0, 0.1) is 5.92 Å². The predicted molar refractivity (Wildman–Crippen MR) is 119 cm³/mol. The molecule has 0 saturated heterocycles. The Hall–Kier alpha value is -0.790. The van der Waals surface area contributed by atoms with Gasteiger partial charge in [-0.3, -0.25) is 4.79 Å². The quantitative estimate of drug-likeness (QED) is 0.216. The Morgan fingerprint density at radius 3 is 1.89 bits per heavy atom. The van der Waals surface area contributed by atoms with Crippen molar-refractivity contribution in [1.29, 1.82) is 0 Å². The molecule has 1 rings (SSSR count). The maximum atomic E-state index is 12.0. The second kappa shape index (κ2) is 17.3. The van der Waals surface area contributed by atoms with Crippen LogP contribution >= 0.6 is 0 Å². The fourth-order valence-electron chi connectivity index (χ4n) is 4.06. The molecular formula is C25H47NO. The number of unbranched alkanes of at least 4 members (excludes halogenated alkanes) is 11. The molecule has 1 aliphatic carbocycles. The van der Waals surface area contributed by atoms with Gasteiger partial charge < -0.3 is 5.32 Å². The molecule has 2 nitrogen and oxygen atoms in total. The molecular weight excluding hydrogens is 330 g/mol. The van der Waals surface area contributed by atoms with Gasteiger partial charge in [0, 0.05) is 12.5 Å². The van der Waals surface area contributed by atoms with E-state index in [9.17, 15) is 4.79 Å². The summed E-state index contributed by atoms with van der Waals surface area (Å²) in [4.78, 5) is 12.0. The molecule has 1 saturated carbocycles. The van der Waals surface area contributed by atoms with E-state index >= 15 is 0 Å². The van der Waals surface area contributed by atoms with Gasteiger partial charge in [0.25, 0.3) is 0 Å². The fraction of sp³-hybridized carbons (Fsp3) is 0.880. The highest BCUT2D eigenvalue weighted by atomic mass is 16.1. The summed E-state index contributed by atoms with van der Waals surface area (Å²) in [6, 6.07) is 0.455. The number of rotatable bonds is 16. The Morgan fingerprint density at radius 1 is 0.778 bits per heavy atom. The lowest BCUT2D eigenvalue weighted by molar-refractivity contribution is -0.122. The largest absolute Gasteiger partial charge is 0.353 e. The summed E-state index contributed by atoms with van der Waals surface area (Å²) in [5, 5.41) is 3.24. The van der Waals surface area contributed by atoms with Gasteiger partial charge in [0.05, 0.1) is 0 Å². The highest BCUT2D eigenvalue weighted by Gasteiger charge is 2.19. The minimum atomic E-state index is 0.284. The van der Waals surface area contributed by atoms with Crippen LogP contribution in [0.2, 0.25) is 0 Å². The van der Waals surface area contributed by atoms with Crippen LogP contribution in [0.15, 0.2) is 12.2 Å². The number of carbonyl (C=O) groups excluding carboxylic acids is 1. The summed E-state index contributed by atoms with van der Waals surface area (Å²) in [6.45, 7) is 4.60. The van der Waals surface area contributed by atoms with Gasteiger partial charge in [0.2, 0.25) is 5.91 Å². The van der Waals surface area contributed by atoms with Crippen molar-refractivity contribution in [3.63, 3.8) is 0 Å². The van der Waals surface area contributed by atoms with E-state index in [1.807, 2.05) is 0 Å². The molecule has 0 aliphatic heterocycles. The summed E-state index contributed by atoms with van der Waals surface area (Å²) in [6.07, 6.45) is 27.4. The fourth-order valence-corrected chi connectivity index (χ4v) is 4.06. The van der Waals surface area contributed by atoms with Crippen LogP contribution in [-0.2, 0) is 4.79 Å². The van der Waals surface area contributed by atoms with E-state index in [4.69, 9.17) is 0 Å². The van der Waals surface area contributed by atoms with E-state index < -0.39 is 0 Å². The average molecular weight is 378 g/mol. The Morgan fingerprint density at radius 2 is 1.30 bits per heavy atom. The molecule has 1 fully saturated rings. The summed E-state index contributed by atoms with van der Waals surface area (Å²) in [5.74, 6) is 1.13. The highest BCUT2D eigenvalue weighted by Crippen LogP contribution is 2.23. The molecule has 0 bridgehead atoms. The van der Waals surface area contributed by atoms with E-state index in [0.29, 0.717) is 6.04 Å². The molecule has 1 aliphatic rings. The third-order valence-corrected chi connectivity index (χ3v) is 6.05. The van der Waals surface area contributed by atoms with Gasteiger partial charge in [0.1, 0.15) is 0 Å². The third kappa shape index (κ3) is 14.9. The van der Waals surface area contributed by atoms with Crippen molar-refractivity contribution < 1.29 is 4.79 Å². The molecule has 1 amide bonds. The molecule has 0 unspecified atom stereocenters. The van der Waals surface area contributed by atoms with Gasteiger partial charge in [-0.1, -0.05) is 77.4 Å².